The van der Waals surface area contributed by atoms with Crippen LogP contribution in [0.3, 0.4) is 0 Å². The number of carboxylic acids is 1. The van der Waals surface area contributed by atoms with Crippen LogP contribution in [0.5, 0.6) is 0 Å². The van der Waals surface area contributed by atoms with E-state index in [4.69, 9.17) is 10.2 Å². The SMILES string of the molecule is CCCC(CCO)CNc1ncc(F)cc1C(=O)O. The fraction of sp³-hybridized carbons (Fsp3) is 0.538. The number of aromatic nitrogens is 1. The molecule has 0 radical (unpaired) electrons. The van der Waals surface area contributed by atoms with Gasteiger partial charge in [-0.3, -0.25) is 0 Å². The van der Waals surface area contributed by atoms with Crippen molar-refractivity contribution >= 4 is 11.8 Å². The van der Waals surface area contributed by atoms with Gasteiger partial charge in [0.25, 0.3) is 0 Å². The number of halogens is 1. The smallest absolute Gasteiger partial charge is 0.339 e. The molecule has 0 fully saturated rings. The van der Waals surface area contributed by atoms with Gasteiger partial charge >= 0.3 is 5.97 Å². The summed E-state index contributed by atoms with van der Waals surface area (Å²) in [5, 5.41) is 20.8. The Hall–Kier alpha value is -1.69. The van der Waals surface area contributed by atoms with Gasteiger partial charge in [-0.15, -0.1) is 0 Å². The van der Waals surface area contributed by atoms with Gasteiger partial charge in [0, 0.05) is 13.2 Å². The molecule has 0 bridgehead atoms. The predicted molar refractivity (Wildman–Crippen MR) is 69.7 cm³/mol. The summed E-state index contributed by atoms with van der Waals surface area (Å²) in [6.07, 6.45) is 3.53. The molecule has 1 aromatic rings. The van der Waals surface area contributed by atoms with Gasteiger partial charge in [-0.25, -0.2) is 14.2 Å². The van der Waals surface area contributed by atoms with E-state index in [0.717, 1.165) is 25.1 Å². The van der Waals surface area contributed by atoms with E-state index in [1.165, 1.54) is 0 Å². The van der Waals surface area contributed by atoms with Gasteiger partial charge in [0.15, 0.2) is 0 Å². The van der Waals surface area contributed by atoms with Gasteiger partial charge in [0.05, 0.1) is 6.20 Å². The van der Waals surface area contributed by atoms with Crippen LogP contribution in [0, 0.1) is 11.7 Å². The topological polar surface area (TPSA) is 82.5 Å². The Bertz CT molecular complexity index is 420. The lowest BCUT2D eigenvalue weighted by atomic mass is 10.0. The van der Waals surface area contributed by atoms with Crippen molar-refractivity contribution in [2.75, 3.05) is 18.5 Å². The Morgan fingerprint density at radius 3 is 2.84 bits per heavy atom. The quantitative estimate of drug-likeness (QED) is 0.674. The molecule has 1 unspecified atom stereocenters. The van der Waals surface area contributed by atoms with Crippen LogP contribution in [-0.4, -0.2) is 34.3 Å². The van der Waals surface area contributed by atoms with Crippen LogP contribution in [0.4, 0.5) is 10.2 Å². The van der Waals surface area contributed by atoms with Gasteiger partial charge in [-0.1, -0.05) is 13.3 Å². The number of hydrogen-bond acceptors (Lipinski definition) is 4. The molecule has 0 saturated carbocycles. The summed E-state index contributed by atoms with van der Waals surface area (Å²) in [5.74, 6) is -1.50. The third-order valence-corrected chi connectivity index (χ3v) is 2.88. The monoisotopic (exact) mass is 270 g/mol. The van der Waals surface area contributed by atoms with Gasteiger partial charge in [0.1, 0.15) is 17.2 Å². The van der Waals surface area contributed by atoms with Crippen LogP contribution in [-0.2, 0) is 0 Å². The van der Waals surface area contributed by atoms with Crippen LogP contribution in [0.1, 0.15) is 36.5 Å². The molecule has 0 aliphatic carbocycles. The molecule has 6 heteroatoms. The summed E-state index contributed by atoms with van der Waals surface area (Å²) < 4.78 is 13.0. The molecular weight excluding hydrogens is 251 g/mol. The molecule has 0 spiro atoms. The molecular formula is C13H19FN2O3. The number of aliphatic hydroxyl groups excluding tert-OH is 1. The Labute approximate surface area is 111 Å². The largest absolute Gasteiger partial charge is 0.478 e. The summed E-state index contributed by atoms with van der Waals surface area (Å²) >= 11 is 0. The minimum Gasteiger partial charge on any atom is -0.478 e. The highest BCUT2D eigenvalue weighted by atomic mass is 19.1. The van der Waals surface area contributed by atoms with E-state index in [-0.39, 0.29) is 23.9 Å². The van der Waals surface area contributed by atoms with E-state index in [9.17, 15) is 9.18 Å². The molecule has 1 rings (SSSR count). The van der Waals surface area contributed by atoms with Crippen LogP contribution in [0.25, 0.3) is 0 Å². The van der Waals surface area contributed by atoms with Crippen LogP contribution in [0.2, 0.25) is 0 Å². The molecule has 0 amide bonds. The Morgan fingerprint density at radius 1 is 1.53 bits per heavy atom. The number of anilines is 1. The number of nitrogens with one attached hydrogen (secondary N) is 1. The zero-order chi connectivity index (χ0) is 14.3. The Balaban J connectivity index is 2.73. The number of nitrogens with zero attached hydrogens (tertiary/aromatic N) is 1. The maximum atomic E-state index is 13.0. The molecule has 1 atom stereocenters. The zero-order valence-corrected chi connectivity index (χ0v) is 10.9. The third-order valence-electron chi connectivity index (χ3n) is 2.88. The highest BCUT2D eigenvalue weighted by molar-refractivity contribution is 5.93. The van der Waals surface area contributed by atoms with Gasteiger partial charge in [0.2, 0.25) is 0 Å². The first kappa shape index (κ1) is 15.4. The van der Waals surface area contributed by atoms with Crippen molar-refractivity contribution in [1.29, 1.82) is 0 Å². The van der Waals surface area contributed by atoms with E-state index in [1.807, 2.05) is 6.92 Å². The second kappa shape index (κ2) is 7.68. The highest BCUT2D eigenvalue weighted by Crippen LogP contribution is 2.16. The molecule has 0 saturated heterocycles. The van der Waals surface area contributed by atoms with Gasteiger partial charge in [-0.05, 0) is 24.8 Å². The van der Waals surface area contributed by atoms with E-state index in [2.05, 4.69) is 10.3 Å². The predicted octanol–water partition coefficient (Wildman–Crippen LogP) is 2.13. The highest BCUT2D eigenvalue weighted by Gasteiger charge is 2.14. The fourth-order valence-electron chi connectivity index (χ4n) is 1.92. The maximum absolute atomic E-state index is 13.0. The van der Waals surface area contributed by atoms with Gasteiger partial charge < -0.3 is 15.5 Å². The normalized spacial score (nSPS) is 12.2. The standard InChI is InChI=1S/C13H19FN2O3/c1-2-3-9(4-5-17)7-15-12-11(13(18)19)6-10(14)8-16-12/h6,8-9,17H,2-5,7H2,1H3,(H,15,16)(H,18,19). The Morgan fingerprint density at radius 2 is 2.26 bits per heavy atom. The van der Waals surface area contributed by atoms with Crippen LogP contribution >= 0.6 is 0 Å². The van der Waals surface area contributed by atoms with Crippen molar-refractivity contribution in [1.82, 2.24) is 4.98 Å². The second-order valence-electron chi connectivity index (χ2n) is 4.40. The molecule has 3 N–H and O–H groups in total. The molecule has 1 heterocycles. The molecule has 0 aromatic carbocycles. The van der Waals surface area contributed by atoms with Crippen LogP contribution in [0.15, 0.2) is 12.3 Å². The average molecular weight is 270 g/mol. The second-order valence-corrected chi connectivity index (χ2v) is 4.40. The lowest BCUT2D eigenvalue weighted by Gasteiger charge is -2.16. The maximum Gasteiger partial charge on any atom is 0.339 e. The summed E-state index contributed by atoms with van der Waals surface area (Å²) in [4.78, 5) is 14.7. The molecule has 19 heavy (non-hydrogen) atoms. The lowest BCUT2D eigenvalue weighted by molar-refractivity contribution is 0.0697. The van der Waals surface area contributed by atoms with Crippen molar-refractivity contribution in [2.45, 2.75) is 26.2 Å². The van der Waals surface area contributed by atoms with E-state index in [0.29, 0.717) is 13.0 Å². The minimum absolute atomic E-state index is 0.0922. The number of aliphatic hydroxyl groups is 1. The Kier molecular flexibility index (Phi) is 6.21. The summed E-state index contributed by atoms with van der Waals surface area (Å²) in [6, 6.07) is 0.943. The lowest BCUT2D eigenvalue weighted by Crippen LogP contribution is -2.18. The molecule has 0 aliphatic heterocycles. The van der Waals surface area contributed by atoms with E-state index < -0.39 is 11.8 Å². The minimum atomic E-state index is -1.22. The van der Waals surface area contributed by atoms with E-state index >= 15 is 0 Å². The van der Waals surface area contributed by atoms with E-state index in [1.54, 1.807) is 0 Å². The number of carbonyl (C=O) groups is 1. The van der Waals surface area contributed by atoms with Crippen molar-refractivity contribution < 1.29 is 19.4 Å². The summed E-state index contributed by atoms with van der Waals surface area (Å²) in [6.45, 7) is 2.64. The number of rotatable bonds is 8. The van der Waals surface area contributed by atoms with Crippen molar-refractivity contribution in [3.63, 3.8) is 0 Å². The zero-order valence-electron chi connectivity index (χ0n) is 10.9. The number of hydrogen-bond donors (Lipinski definition) is 3. The third kappa shape index (κ3) is 4.82. The van der Waals surface area contributed by atoms with Crippen molar-refractivity contribution in [3.05, 3.63) is 23.6 Å². The van der Waals surface area contributed by atoms with Crippen LogP contribution < -0.4 is 5.32 Å². The molecule has 106 valence electrons. The summed E-state index contributed by atoms with van der Waals surface area (Å²) in [7, 11) is 0. The summed E-state index contributed by atoms with van der Waals surface area (Å²) in [5.41, 5.74) is -0.181. The number of pyridine rings is 1. The fourth-order valence-corrected chi connectivity index (χ4v) is 1.92. The number of carboxylic acid groups (broad SMARTS) is 1. The first-order chi connectivity index (χ1) is 9.08. The first-order valence-electron chi connectivity index (χ1n) is 6.32. The molecule has 1 aromatic heterocycles. The molecule has 0 aliphatic rings. The first-order valence-corrected chi connectivity index (χ1v) is 6.32. The molecule has 5 nitrogen and oxygen atoms in total. The number of aromatic carboxylic acids is 1. The van der Waals surface area contributed by atoms with Crippen molar-refractivity contribution in [3.8, 4) is 0 Å². The van der Waals surface area contributed by atoms with Gasteiger partial charge in [-0.2, -0.15) is 0 Å². The van der Waals surface area contributed by atoms with Crippen molar-refractivity contribution in [2.24, 2.45) is 5.92 Å². The average Bonchev–Trinajstić information content (AvgIpc) is 2.37.